The Hall–Kier alpha value is -1.92. The topological polar surface area (TPSA) is 69.2 Å². The maximum atomic E-state index is 11.5. The summed E-state index contributed by atoms with van der Waals surface area (Å²) >= 11 is 1.43. The smallest absolute Gasteiger partial charge is 0.252 e. The number of nitrogens with one attached hydrogen (secondary N) is 1. The lowest BCUT2D eigenvalue weighted by Gasteiger charge is -2.23. The Morgan fingerprint density at radius 2 is 2.30 bits per heavy atom. The van der Waals surface area contributed by atoms with E-state index < -0.39 is 0 Å². The monoisotopic (exact) mass is 287 g/mol. The minimum absolute atomic E-state index is 0.0295. The highest BCUT2D eigenvalue weighted by Crippen LogP contribution is 2.37. The first kappa shape index (κ1) is 11.9. The number of hydrogen-bond donors (Lipinski definition) is 2. The van der Waals surface area contributed by atoms with Crippen LogP contribution in [0.5, 0.6) is 5.75 Å². The maximum absolute atomic E-state index is 11.5. The molecule has 0 saturated carbocycles. The van der Waals surface area contributed by atoms with Gasteiger partial charge in [-0.25, -0.2) is 4.98 Å². The van der Waals surface area contributed by atoms with Gasteiger partial charge in [-0.1, -0.05) is 0 Å². The minimum Gasteiger partial charge on any atom is -0.506 e. The van der Waals surface area contributed by atoms with E-state index in [9.17, 15) is 9.90 Å². The summed E-state index contributed by atoms with van der Waals surface area (Å²) in [5, 5.41) is 10.8. The highest BCUT2D eigenvalue weighted by atomic mass is 32.1. The predicted molar refractivity (Wildman–Crippen MR) is 79.4 cm³/mol. The van der Waals surface area contributed by atoms with Crippen LogP contribution in [0.2, 0.25) is 0 Å². The molecule has 6 heteroatoms. The fourth-order valence-electron chi connectivity index (χ4n) is 2.77. The summed E-state index contributed by atoms with van der Waals surface area (Å²) in [6, 6.07) is 3.31. The number of H-pyrrole nitrogens is 1. The molecule has 1 aliphatic heterocycles. The van der Waals surface area contributed by atoms with Gasteiger partial charge in [0.1, 0.15) is 10.6 Å². The van der Waals surface area contributed by atoms with Crippen LogP contribution in [0.25, 0.3) is 20.4 Å². The van der Waals surface area contributed by atoms with Crippen molar-refractivity contribution in [1.29, 1.82) is 0 Å². The fourth-order valence-corrected chi connectivity index (χ4v) is 3.82. The van der Waals surface area contributed by atoms with E-state index in [1.165, 1.54) is 23.0 Å². The molecule has 0 saturated heterocycles. The molecule has 0 aliphatic carbocycles. The molecule has 0 fully saturated rings. The number of thiophene rings is 1. The average Bonchev–Trinajstić information content (AvgIpc) is 2.75. The molecule has 0 bridgehead atoms. The van der Waals surface area contributed by atoms with Gasteiger partial charge >= 0.3 is 0 Å². The summed E-state index contributed by atoms with van der Waals surface area (Å²) in [4.78, 5) is 22.2. The van der Waals surface area contributed by atoms with Crippen molar-refractivity contribution in [2.75, 3.05) is 13.6 Å². The van der Waals surface area contributed by atoms with E-state index in [0.717, 1.165) is 35.4 Å². The number of likely N-dealkylation sites (N-methyl/N-ethyl adjacent to an activating group) is 1. The Morgan fingerprint density at radius 3 is 3.15 bits per heavy atom. The summed E-state index contributed by atoms with van der Waals surface area (Å²) in [5.41, 5.74) is 2.74. The third-order valence-electron chi connectivity index (χ3n) is 3.77. The zero-order chi connectivity index (χ0) is 13.9. The quantitative estimate of drug-likeness (QED) is 0.662. The van der Waals surface area contributed by atoms with Gasteiger partial charge in [0, 0.05) is 36.7 Å². The standard InChI is InChI=1S/C14H13N3O2S/c1-17-3-2-9-7(6-17)4-8-12-13(20-14(8)15-9)10(18)5-11(19)16-12/h4-5H,2-3,6H2,1H3,(H2,16,18,19). The highest BCUT2D eigenvalue weighted by molar-refractivity contribution is 7.25. The van der Waals surface area contributed by atoms with Gasteiger partial charge in [0.05, 0.1) is 10.2 Å². The molecule has 1 aliphatic rings. The van der Waals surface area contributed by atoms with Crippen LogP contribution < -0.4 is 5.56 Å². The van der Waals surface area contributed by atoms with Crippen LogP contribution in [-0.4, -0.2) is 33.6 Å². The van der Waals surface area contributed by atoms with Crippen molar-refractivity contribution >= 4 is 31.8 Å². The summed E-state index contributed by atoms with van der Waals surface area (Å²) in [5.74, 6) is 0.0295. The van der Waals surface area contributed by atoms with Gasteiger partial charge in [-0.2, -0.15) is 0 Å². The third kappa shape index (κ3) is 1.65. The lowest BCUT2D eigenvalue weighted by Crippen LogP contribution is -2.27. The minimum atomic E-state index is -0.287. The second-order valence-electron chi connectivity index (χ2n) is 5.26. The van der Waals surface area contributed by atoms with Crippen LogP contribution in [0.1, 0.15) is 11.3 Å². The number of nitrogens with zero attached hydrogens (tertiary/aromatic N) is 2. The lowest BCUT2D eigenvalue weighted by atomic mass is 10.0. The van der Waals surface area contributed by atoms with Crippen LogP contribution in [0.4, 0.5) is 0 Å². The molecule has 0 amide bonds. The van der Waals surface area contributed by atoms with Gasteiger partial charge in [-0.3, -0.25) is 4.79 Å². The van der Waals surface area contributed by atoms with Gasteiger partial charge < -0.3 is 15.0 Å². The molecule has 0 atom stereocenters. The van der Waals surface area contributed by atoms with Gasteiger partial charge in [0.15, 0.2) is 0 Å². The molecule has 3 aromatic heterocycles. The zero-order valence-electron chi connectivity index (χ0n) is 10.9. The number of aromatic nitrogens is 2. The summed E-state index contributed by atoms with van der Waals surface area (Å²) in [6.45, 7) is 1.89. The fraction of sp³-hybridized carbons (Fsp3) is 0.286. The van der Waals surface area contributed by atoms with Crippen molar-refractivity contribution in [2.45, 2.75) is 13.0 Å². The third-order valence-corrected chi connectivity index (χ3v) is 4.89. The average molecular weight is 287 g/mol. The first-order chi connectivity index (χ1) is 9.61. The molecule has 5 nitrogen and oxygen atoms in total. The molecule has 0 aromatic carbocycles. The Kier molecular flexibility index (Phi) is 2.40. The van der Waals surface area contributed by atoms with Crippen LogP contribution in [0.15, 0.2) is 16.9 Å². The Labute approximate surface area is 118 Å². The predicted octanol–water partition coefficient (Wildman–Crippen LogP) is 1.83. The van der Waals surface area contributed by atoms with Crippen molar-refractivity contribution < 1.29 is 5.11 Å². The van der Waals surface area contributed by atoms with Gasteiger partial charge in [-0.05, 0) is 18.7 Å². The molecule has 0 spiro atoms. The molecule has 3 aromatic rings. The summed E-state index contributed by atoms with van der Waals surface area (Å²) < 4.78 is 0.697. The Morgan fingerprint density at radius 1 is 1.45 bits per heavy atom. The second kappa shape index (κ2) is 4.04. The first-order valence-corrected chi connectivity index (χ1v) is 7.29. The normalized spacial score (nSPS) is 15.8. The molecule has 0 radical (unpaired) electrons. The molecular weight excluding hydrogens is 274 g/mol. The molecular formula is C14H13N3O2S. The largest absolute Gasteiger partial charge is 0.506 e. The second-order valence-corrected chi connectivity index (χ2v) is 6.26. The van der Waals surface area contributed by atoms with Crippen molar-refractivity contribution in [3.8, 4) is 5.75 Å². The maximum Gasteiger partial charge on any atom is 0.252 e. The van der Waals surface area contributed by atoms with E-state index in [-0.39, 0.29) is 11.3 Å². The van der Waals surface area contributed by atoms with E-state index in [1.807, 2.05) is 0 Å². The number of pyridine rings is 2. The molecule has 2 N–H and O–H groups in total. The number of hydrogen-bond acceptors (Lipinski definition) is 5. The lowest BCUT2D eigenvalue weighted by molar-refractivity contribution is 0.310. The molecule has 102 valence electrons. The van der Waals surface area contributed by atoms with E-state index in [4.69, 9.17) is 4.98 Å². The zero-order valence-corrected chi connectivity index (χ0v) is 11.8. The number of fused-ring (bicyclic) bond motifs is 4. The van der Waals surface area contributed by atoms with E-state index in [2.05, 4.69) is 23.0 Å². The first-order valence-electron chi connectivity index (χ1n) is 6.47. The van der Waals surface area contributed by atoms with Crippen LogP contribution in [0.3, 0.4) is 0 Å². The van der Waals surface area contributed by atoms with E-state index in [1.54, 1.807) is 0 Å². The van der Waals surface area contributed by atoms with Gasteiger partial charge in [0.2, 0.25) is 0 Å². The molecule has 20 heavy (non-hydrogen) atoms. The van der Waals surface area contributed by atoms with Crippen LogP contribution >= 0.6 is 11.3 Å². The van der Waals surface area contributed by atoms with Gasteiger partial charge in [-0.15, -0.1) is 11.3 Å². The number of aromatic amines is 1. The molecule has 4 rings (SSSR count). The van der Waals surface area contributed by atoms with E-state index >= 15 is 0 Å². The Balaban J connectivity index is 2.09. The van der Waals surface area contributed by atoms with Crippen molar-refractivity contribution in [1.82, 2.24) is 14.9 Å². The number of aromatic hydroxyl groups is 1. The summed E-state index contributed by atoms with van der Waals surface area (Å²) in [7, 11) is 2.09. The molecule has 0 unspecified atom stereocenters. The molecule has 4 heterocycles. The van der Waals surface area contributed by atoms with E-state index in [0.29, 0.717) is 10.2 Å². The van der Waals surface area contributed by atoms with Crippen molar-refractivity contribution in [3.05, 3.63) is 33.7 Å². The van der Waals surface area contributed by atoms with Crippen LogP contribution in [0, 0.1) is 0 Å². The van der Waals surface area contributed by atoms with Crippen molar-refractivity contribution in [3.63, 3.8) is 0 Å². The number of rotatable bonds is 0. The van der Waals surface area contributed by atoms with Crippen molar-refractivity contribution in [2.24, 2.45) is 0 Å². The highest BCUT2D eigenvalue weighted by Gasteiger charge is 2.18. The summed E-state index contributed by atoms with van der Waals surface area (Å²) in [6.07, 6.45) is 0.943. The van der Waals surface area contributed by atoms with Gasteiger partial charge in [0.25, 0.3) is 5.56 Å². The SMILES string of the molecule is CN1CCc2nc3sc4c(O)cc(=O)[nH]c4c3cc2C1. The van der Waals surface area contributed by atoms with Crippen LogP contribution in [-0.2, 0) is 13.0 Å². The Bertz CT molecular complexity index is 897.